The van der Waals surface area contributed by atoms with Crippen LogP contribution in [0, 0.1) is 12.7 Å². The predicted molar refractivity (Wildman–Crippen MR) is 97.2 cm³/mol. The third-order valence-corrected chi connectivity index (χ3v) is 4.15. The largest absolute Gasteiger partial charge is 0.444 e. The Morgan fingerprint density at radius 2 is 2.41 bits per heavy atom. The minimum absolute atomic E-state index is 0.120. The fraction of sp³-hybridized carbons (Fsp3) is 0.333. The van der Waals surface area contributed by atoms with Crippen LogP contribution in [0.5, 0.6) is 0 Å². The molecule has 1 aromatic heterocycles. The molecule has 0 bridgehead atoms. The average molecular weight is 373 g/mol. The number of rotatable bonds is 4. The molecule has 9 heteroatoms. The summed E-state index contributed by atoms with van der Waals surface area (Å²) in [5, 5.41) is 0. The van der Waals surface area contributed by atoms with Crippen molar-refractivity contribution >= 4 is 23.8 Å². The lowest BCUT2D eigenvalue weighted by Gasteiger charge is -2.30. The van der Waals surface area contributed by atoms with Crippen LogP contribution >= 0.6 is 0 Å². The molecule has 0 spiro atoms. The molecule has 2 heterocycles. The summed E-state index contributed by atoms with van der Waals surface area (Å²) in [6.45, 7) is 2.64. The molecule has 0 radical (unpaired) electrons. The SMILES string of the molecule is Cc1cccc(F)c1COC(=O)N1CCO[C@H](C=Nc2cncnc2N)C1. The van der Waals surface area contributed by atoms with Gasteiger partial charge in [0.1, 0.15) is 30.5 Å². The molecule has 0 unspecified atom stereocenters. The molecule has 1 amide bonds. The lowest BCUT2D eigenvalue weighted by Crippen LogP contribution is -2.46. The van der Waals surface area contributed by atoms with Crippen molar-refractivity contribution in [3.63, 3.8) is 0 Å². The molecule has 142 valence electrons. The van der Waals surface area contributed by atoms with Gasteiger partial charge in [0.05, 0.1) is 19.3 Å². The summed E-state index contributed by atoms with van der Waals surface area (Å²) in [7, 11) is 0. The third kappa shape index (κ3) is 4.76. The van der Waals surface area contributed by atoms with Crippen molar-refractivity contribution in [2.75, 3.05) is 25.4 Å². The Balaban J connectivity index is 1.57. The second-order valence-electron chi connectivity index (χ2n) is 6.02. The van der Waals surface area contributed by atoms with Crippen LogP contribution in [-0.4, -0.2) is 53.0 Å². The molecular weight excluding hydrogens is 353 g/mol. The van der Waals surface area contributed by atoms with Crippen LogP contribution in [0.25, 0.3) is 0 Å². The number of aryl methyl sites for hydroxylation is 1. The van der Waals surface area contributed by atoms with Crippen molar-refractivity contribution in [2.24, 2.45) is 4.99 Å². The van der Waals surface area contributed by atoms with Gasteiger partial charge < -0.3 is 20.1 Å². The van der Waals surface area contributed by atoms with Crippen LogP contribution in [0.2, 0.25) is 0 Å². The Labute approximate surface area is 155 Å². The summed E-state index contributed by atoms with van der Waals surface area (Å²) < 4.78 is 24.7. The highest BCUT2D eigenvalue weighted by Crippen LogP contribution is 2.17. The number of nitrogens with two attached hydrogens (primary N) is 1. The highest BCUT2D eigenvalue weighted by atomic mass is 19.1. The Morgan fingerprint density at radius 3 is 3.19 bits per heavy atom. The van der Waals surface area contributed by atoms with Crippen LogP contribution in [0.1, 0.15) is 11.1 Å². The van der Waals surface area contributed by atoms with E-state index in [9.17, 15) is 9.18 Å². The smallest absolute Gasteiger partial charge is 0.410 e. The number of morpholine rings is 1. The highest BCUT2D eigenvalue weighted by molar-refractivity contribution is 5.73. The van der Waals surface area contributed by atoms with Crippen molar-refractivity contribution in [1.29, 1.82) is 0 Å². The number of halogens is 1. The number of carbonyl (C=O) groups excluding carboxylic acids is 1. The van der Waals surface area contributed by atoms with Gasteiger partial charge in [0, 0.05) is 18.3 Å². The molecule has 2 N–H and O–H groups in total. The van der Waals surface area contributed by atoms with E-state index in [0.29, 0.717) is 24.4 Å². The third-order valence-electron chi connectivity index (χ3n) is 4.15. The minimum atomic E-state index is -0.526. The number of hydrogen-bond acceptors (Lipinski definition) is 7. The van der Waals surface area contributed by atoms with E-state index in [-0.39, 0.29) is 19.0 Å². The van der Waals surface area contributed by atoms with E-state index >= 15 is 0 Å². The maximum Gasteiger partial charge on any atom is 0.410 e. The first-order chi connectivity index (χ1) is 13.0. The number of aromatic nitrogens is 2. The molecule has 1 saturated heterocycles. The van der Waals surface area contributed by atoms with Crippen molar-refractivity contribution < 1.29 is 18.7 Å². The summed E-state index contributed by atoms with van der Waals surface area (Å²) in [6, 6.07) is 4.73. The van der Waals surface area contributed by atoms with E-state index in [2.05, 4.69) is 15.0 Å². The van der Waals surface area contributed by atoms with Gasteiger partial charge in [-0.05, 0) is 18.6 Å². The lowest BCUT2D eigenvalue weighted by atomic mass is 10.1. The summed E-state index contributed by atoms with van der Waals surface area (Å²) in [4.78, 5) is 25.7. The Bertz CT molecular complexity index is 825. The molecule has 3 rings (SSSR count). The second-order valence-corrected chi connectivity index (χ2v) is 6.02. The quantitative estimate of drug-likeness (QED) is 0.825. The number of nitrogen functional groups attached to an aromatic ring is 1. The fourth-order valence-corrected chi connectivity index (χ4v) is 2.60. The molecule has 2 aromatic rings. The number of anilines is 1. The second kappa shape index (κ2) is 8.54. The van der Waals surface area contributed by atoms with Crippen LogP contribution in [0.4, 0.5) is 20.7 Å². The monoisotopic (exact) mass is 373 g/mol. The van der Waals surface area contributed by atoms with E-state index < -0.39 is 18.0 Å². The number of amides is 1. The maximum absolute atomic E-state index is 13.8. The zero-order valence-corrected chi connectivity index (χ0v) is 14.8. The van der Waals surface area contributed by atoms with Gasteiger partial charge in [-0.25, -0.2) is 19.2 Å². The number of carbonyl (C=O) groups is 1. The van der Waals surface area contributed by atoms with Gasteiger partial charge in [-0.15, -0.1) is 0 Å². The van der Waals surface area contributed by atoms with Gasteiger partial charge in [0.2, 0.25) is 0 Å². The molecule has 0 saturated carbocycles. The van der Waals surface area contributed by atoms with Crippen LogP contribution in [-0.2, 0) is 16.1 Å². The first-order valence-corrected chi connectivity index (χ1v) is 8.41. The number of benzene rings is 1. The molecule has 1 aliphatic heterocycles. The van der Waals surface area contributed by atoms with Gasteiger partial charge >= 0.3 is 6.09 Å². The average Bonchev–Trinajstić information content (AvgIpc) is 2.67. The lowest BCUT2D eigenvalue weighted by molar-refractivity contribution is 0.00310. The van der Waals surface area contributed by atoms with Crippen molar-refractivity contribution in [3.8, 4) is 0 Å². The Kier molecular flexibility index (Phi) is 5.92. The van der Waals surface area contributed by atoms with Gasteiger partial charge in [-0.3, -0.25) is 4.99 Å². The predicted octanol–water partition coefficient (Wildman–Crippen LogP) is 2.25. The van der Waals surface area contributed by atoms with Gasteiger partial charge in [-0.1, -0.05) is 12.1 Å². The van der Waals surface area contributed by atoms with Gasteiger partial charge in [-0.2, -0.15) is 0 Å². The Hall–Kier alpha value is -3.07. The number of hydrogen-bond donors (Lipinski definition) is 1. The van der Waals surface area contributed by atoms with Crippen LogP contribution < -0.4 is 5.73 Å². The number of aliphatic imine (C=N–C) groups is 1. The van der Waals surface area contributed by atoms with Crippen molar-refractivity contribution in [2.45, 2.75) is 19.6 Å². The minimum Gasteiger partial charge on any atom is -0.444 e. The van der Waals surface area contributed by atoms with E-state index in [1.54, 1.807) is 25.3 Å². The molecule has 27 heavy (non-hydrogen) atoms. The van der Waals surface area contributed by atoms with Crippen molar-refractivity contribution in [1.82, 2.24) is 14.9 Å². The van der Waals surface area contributed by atoms with E-state index in [0.717, 1.165) is 5.56 Å². The number of nitrogens with zero attached hydrogens (tertiary/aromatic N) is 4. The summed E-state index contributed by atoms with van der Waals surface area (Å²) in [6.07, 6.45) is 3.43. The fourth-order valence-electron chi connectivity index (χ4n) is 2.60. The normalized spacial score (nSPS) is 17.3. The molecule has 1 aliphatic rings. The molecule has 1 fully saturated rings. The maximum atomic E-state index is 13.8. The topological polar surface area (TPSA) is 103 Å². The van der Waals surface area contributed by atoms with Gasteiger partial charge in [0.25, 0.3) is 0 Å². The highest BCUT2D eigenvalue weighted by Gasteiger charge is 2.24. The van der Waals surface area contributed by atoms with E-state index in [1.165, 1.54) is 23.5 Å². The molecule has 8 nitrogen and oxygen atoms in total. The van der Waals surface area contributed by atoms with Crippen LogP contribution in [0.3, 0.4) is 0 Å². The zero-order valence-electron chi connectivity index (χ0n) is 14.8. The molecule has 0 aliphatic carbocycles. The van der Waals surface area contributed by atoms with E-state index in [1.807, 2.05) is 0 Å². The summed E-state index contributed by atoms with van der Waals surface area (Å²) in [5.74, 6) is -0.133. The Morgan fingerprint density at radius 1 is 1.56 bits per heavy atom. The van der Waals surface area contributed by atoms with Crippen LogP contribution in [0.15, 0.2) is 35.7 Å². The summed E-state index contributed by atoms with van der Waals surface area (Å²) >= 11 is 0. The first kappa shape index (κ1) is 18.7. The molecule has 1 atom stereocenters. The first-order valence-electron chi connectivity index (χ1n) is 8.41. The zero-order chi connectivity index (χ0) is 19.2. The molecular formula is C18H20FN5O3. The molecule has 1 aromatic carbocycles. The van der Waals surface area contributed by atoms with Crippen molar-refractivity contribution in [3.05, 3.63) is 47.7 Å². The van der Waals surface area contributed by atoms with Gasteiger partial charge in [0.15, 0.2) is 5.82 Å². The van der Waals surface area contributed by atoms with E-state index in [4.69, 9.17) is 15.2 Å². The summed E-state index contributed by atoms with van der Waals surface area (Å²) in [5.41, 5.74) is 7.24. The number of ether oxygens (including phenoxy) is 2. The standard InChI is InChI=1S/C18H20FN5O3/c1-12-3-2-4-15(19)14(12)10-27-18(25)24-5-6-26-13(9-24)7-22-16-8-21-11-23-17(16)20/h2-4,7-8,11,13H,5-6,9-10H2,1H3,(H2,20,21,23)/t13-/m1/s1.